The summed E-state index contributed by atoms with van der Waals surface area (Å²) in [4.78, 5) is 10.3. The summed E-state index contributed by atoms with van der Waals surface area (Å²) in [6.07, 6.45) is 1.47. The minimum atomic E-state index is -4.48. The van der Waals surface area contributed by atoms with Gasteiger partial charge in [-0.2, -0.15) is 5.26 Å². The van der Waals surface area contributed by atoms with E-state index in [-0.39, 0.29) is 17.4 Å². The highest BCUT2D eigenvalue weighted by molar-refractivity contribution is 7.92. The molecule has 2 aromatic heterocycles. The Morgan fingerprint density at radius 1 is 1.00 bits per heavy atom. The minimum absolute atomic E-state index is 0.0689. The number of nitrogens with one attached hydrogen (secondary N) is 1. The molecule has 6 rings (SSSR count). The van der Waals surface area contributed by atoms with Gasteiger partial charge in [-0.05, 0) is 53.6 Å². The van der Waals surface area contributed by atoms with Gasteiger partial charge < -0.3 is 20.1 Å². The molecule has 228 valence electrons. The van der Waals surface area contributed by atoms with E-state index < -0.39 is 26.6 Å². The number of benzene rings is 3. The number of pyridine rings is 2. The molecule has 10 nitrogen and oxygen atoms in total. The number of fused-ring (bicyclic) bond motifs is 1. The maximum atomic E-state index is 14.3. The van der Waals surface area contributed by atoms with Gasteiger partial charge in [0.05, 0.1) is 31.4 Å². The van der Waals surface area contributed by atoms with Gasteiger partial charge in [0.25, 0.3) is 10.0 Å². The number of aromatic nitrogens is 2. The molecule has 0 amide bonds. The van der Waals surface area contributed by atoms with E-state index in [2.05, 4.69) is 25.7 Å². The lowest BCUT2D eigenvalue weighted by Gasteiger charge is -2.29. The molecule has 0 atom stereocenters. The Morgan fingerprint density at radius 2 is 1.73 bits per heavy atom. The predicted molar refractivity (Wildman–Crippen MR) is 166 cm³/mol. The number of methoxy groups -OCH3 is 1. The van der Waals surface area contributed by atoms with Crippen LogP contribution in [0.5, 0.6) is 5.88 Å². The summed E-state index contributed by atoms with van der Waals surface area (Å²) in [5.74, 6) is -2.02. The molecule has 0 saturated carbocycles. The van der Waals surface area contributed by atoms with Crippen LogP contribution in [0.1, 0.15) is 5.56 Å². The number of nitrogens with zero attached hydrogens (tertiary/aromatic N) is 4. The monoisotopic (exact) mass is 628 g/mol. The van der Waals surface area contributed by atoms with Crippen molar-refractivity contribution in [2.75, 3.05) is 48.8 Å². The molecule has 1 fully saturated rings. The lowest BCUT2D eigenvalue weighted by Crippen LogP contribution is -2.36. The fourth-order valence-corrected chi connectivity index (χ4v) is 6.38. The van der Waals surface area contributed by atoms with Crippen molar-refractivity contribution in [1.82, 2.24) is 9.97 Å². The molecular weight excluding hydrogens is 602 g/mol. The number of hydrogen-bond acceptors (Lipinski definition) is 9. The lowest BCUT2D eigenvalue weighted by molar-refractivity contribution is 0.122. The molecule has 3 heterocycles. The van der Waals surface area contributed by atoms with E-state index in [0.717, 1.165) is 36.5 Å². The Kier molecular flexibility index (Phi) is 7.92. The molecule has 13 heteroatoms. The van der Waals surface area contributed by atoms with Crippen molar-refractivity contribution < 1.29 is 26.7 Å². The molecule has 1 aliphatic rings. The highest BCUT2D eigenvalue weighted by Gasteiger charge is 2.23. The van der Waals surface area contributed by atoms with Crippen molar-refractivity contribution in [3.05, 3.63) is 90.1 Å². The van der Waals surface area contributed by atoms with Gasteiger partial charge in [0.2, 0.25) is 5.88 Å². The number of rotatable bonds is 7. The zero-order valence-corrected chi connectivity index (χ0v) is 24.7. The number of morpholine rings is 1. The average Bonchev–Trinajstić information content (AvgIpc) is 3.04. The molecular formula is C32H26F2N6O4S. The Hall–Kier alpha value is -5.32. The molecule has 0 spiro atoms. The lowest BCUT2D eigenvalue weighted by atomic mass is 9.95. The Morgan fingerprint density at radius 3 is 2.42 bits per heavy atom. The van der Waals surface area contributed by atoms with Crippen LogP contribution in [-0.2, 0) is 14.8 Å². The van der Waals surface area contributed by atoms with Crippen molar-refractivity contribution in [2.45, 2.75) is 4.90 Å². The summed E-state index contributed by atoms with van der Waals surface area (Å²) in [7, 11) is -3.17. The van der Waals surface area contributed by atoms with Gasteiger partial charge in [-0.1, -0.05) is 18.2 Å². The SMILES string of the molecule is COc1ncc(-c2ccc3nc(N)c(-c4ccc(N5CCOCC5)cc4)c(C#N)c3c2)cc1NS(=O)(=O)c1ccc(F)cc1F. The topological polar surface area (TPSA) is 143 Å². The van der Waals surface area contributed by atoms with E-state index in [1.807, 2.05) is 24.3 Å². The Bertz CT molecular complexity index is 2080. The number of nitrogen functional groups attached to an aromatic ring is 1. The summed E-state index contributed by atoms with van der Waals surface area (Å²) < 4.78 is 66.7. The molecule has 0 radical (unpaired) electrons. The fraction of sp³-hybridized carbons (Fsp3) is 0.156. The molecule has 1 aliphatic heterocycles. The average molecular weight is 629 g/mol. The van der Waals surface area contributed by atoms with Gasteiger partial charge in [-0.25, -0.2) is 27.2 Å². The zero-order valence-electron chi connectivity index (χ0n) is 23.9. The van der Waals surface area contributed by atoms with Crippen LogP contribution in [0.15, 0.2) is 77.8 Å². The van der Waals surface area contributed by atoms with Crippen LogP contribution in [-0.4, -0.2) is 51.8 Å². The second-order valence-electron chi connectivity index (χ2n) is 10.2. The summed E-state index contributed by atoms with van der Waals surface area (Å²) in [6, 6.07) is 18.9. The first kappa shape index (κ1) is 29.7. The van der Waals surface area contributed by atoms with Crippen molar-refractivity contribution >= 4 is 38.1 Å². The molecule has 0 bridgehead atoms. The quantitative estimate of drug-likeness (QED) is 0.244. The number of halogens is 2. The third-order valence-electron chi connectivity index (χ3n) is 7.46. The molecule has 5 aromatic rings. The van der Waals surface area contributed by atoms with Crippen molar-refractivity contribution in [2.24, 2.45) is 0 Å². The normalized spacial score (nSPS) is 13.4. The first-order chi connectivity index (χ1) is 21.7. The molecule has 0 unspecified atom stereocenters. The highest BCUT2D eigenvalue weighted by Crippen LogP contribution is 2.37. The summed E-state index contributed by atoms with van der Waals surface area (Å²) in [5.41, 5.74) is 10.4. The van der Waals surface area contributed by atoms with Crippen molar-refractivity contribution in [1.29, 1.82) is 5.26 Å². The molecule has 0 aliphatic carbocycles. The zero-order chi connectivity index (χ0) is 31.7. The first-order valence-corrected chi connectivity index (χ1v) is 15.3. The minimum Gasteiger partial charge on any atom is -0.480 e. The van der Waals surface area contributed by atoms with Gasteiger partial charge in [-0.15, -0.1) is 0 Å². The standard InChI is InChI=1S/C32H26F2N6O4S/c1-43-32-28(39-45(41,42)29-9-5-22(33)16-26(29)34)15-21(18-37-32)20-4-8-27-24(14-20)25(17-35)30(31(36)38-27)19-2-6-23(7-3-19)40-10-12-44-13-11-40/h2-9,14-16,18,39H,10-13H2,1H3,(H2,36,38). The van der Waals surface area contributed by atoms with Crippen molar-refractivity contribution in [3.63, 3.8) is 0 Å². The number of hydrogen-bond donors (Lipinski definition) is 2. The van der Waals surface area contributed by atoms with E-state index in [9.17, 15) is 22.5 Å². The summed E-state index contributed by atoms with van der Waals surface area (Å²) in [6.45, 7) is 2.90. The van der Waals surface area contributed by atoms with E-state index >= 15 is 0 Å². The molecule has 45 heavy (non-hydrogen) atoms. The van der Waals surface area contributed by atoms with Crippen molar-refractivity contribution in [3.8, 4) is 34.2 Å². The molecule has 3 aromatic carbocycles. The maximum Gasteiger partial charge on any atom is 0.264 e. The number of anilines is 3. The van der Waals surface area contributed by atoms with Gasteiger partial charge in [0.15, 0.2) is 0 Å². The molecule has 1 saturated heterocycles. The van der Waals surface area contributed by atoms with Gasteiger partial charge in [0, 0.05) is 47.6 Å². The van der Waals surface area contributed by atoms with Crippen LogP contribution in [0, 0.1) is 23.0 Å². The van der Waals surface area contributed by atoms with Crippen LogP contribution in [0.3, 0.4) is 0 Å². The van der Waals surface area contributed by atoms with E-state index in [0.29, 0.717) is 52.4 Å². The smallest absolute Gasteiger partial charge is 0.264 e. The largest absolute Gasteiger partial charge is 0.480 e. The second kappa shape index (κ2) is 12.0. The van der Waals surface area contributed by atoms with Crippen LogP contribution in [0.25, 0.3) is 33.2 Å². The highest BCUT2D eigenvalue weighted by atomic mass is 32.2. The number of ether oxygens (including phenoxy) is 2. The third-order valence-corrected chi connectivity index (χ3v) is 8.86. The summed E-state index contributed by atoms with van der Waals surface area (Å²) >= 11 is 0. The van der Waals surface area contributed by atoms with Crippen LogP contribution in [0.4, 0.5) is 26.0 Å². The number of nitriles is 1. The fourth-order valence-electron chi connectivity index (χ4n) is 5.27. The van der Waals surface area contributed by atoms with Gasteiger partial charge >= 0.3 is 0 Å². The summed E-state index contributed by atoms with van der Waals surface area (Å²) in [5, 5.41) is 10.8. The maximum absolute atomic E-state index is 14.3. The molecule has 3 N–H and O–H groups in total. The number of nitrogens with two attached hydrogens (primary N) is 1. The number of sulfonamides is 1. The van der Waals surface area contributed by atoms with Crippen LogP contribution in [0.2, 0.25) is 0 Å². The van der Waals surface area contributed by atoms with E-state index in [4.69, 9.17) is 15.2 Å². The van der Waals surface area contributed by atoms with E-state index in [1.54, 1.807) is 18.2 Å². The van der Waals surface area contributed by atoms with Gasteiger partial charge in [0.1, 0.15) is 34.1 Å². The van der Waals surface area contributed by atoms with Gasteiger partial charge in [-0.3, -0.25) is 4.72 Å². The second-order valence-corrected chi connectivity index (χ2v) is 11.8. The van der Waals surface area contributed by atoms with E-state index in [1.165, 1.54) is 19.4 Å². The third kappa shape index (κ3) is 5.81. The van der Waals surface area contributed by atoms with Crippen LogP contribution >= 0.6 is 0 Å². The first-order valence-electron chi connectivity index (χ1n) is 13.8. The predicted octanol–water partition coefficient (Wildman–Crippen LogP) is 5.34. The Labute approximate surface area is 257 Å². The van der Waals surface area contributed by atoms with Crippen LogP contribution < -0.4 is 20.1 Å². The Balaban J connectivity index is 1.39.